The Kier molecular flexibility index (Phi) is 6.22. The summed E-state index contributed by atoms with van der Waals surface area (Å²) in [5, 5.41) is 7.06. The summed E-state index contributed by atoms with van der Waals surface area (Å²) < 4.78 is 10.6. The van der Waals surface area contributed by atoms with Crippen LogP contribution in [0.1, 0.15) is 32.1 Å². The Morgan fingerprint density at radius 3 is 2.92 bits per heavy atom. The highest BCUT2D eigenvalue weighted by Gasteiger charge is 2.25. The van der Waals surface area contributed by atoms with E-state index in [9.17, 15) is 4.79 Å². The topological polar surface area (TPSA) is 80.5 Å². The zero-order chi connectivity index (χ0) is 18.4. The van der Waals surface area contributed by atoms with E-state index in [2.05, 4.69) is 27.3 Å². The van der Waals surface area contributed by atoms with Crippen LogP contribution in [0.15, 0.2) is 28.8 Å². The van der Waals surface area contributed by atoms with Crippen molar-refractivity contribution in [3.8, 4) is 17.1 Å². The molecule has 1 aromatic carbocycles. The molecule has 0 unspecified atom stereocenters. The fourth-order valence-corrected chi connectivity index (χ4v) is 3.14. The fraction of sp³-hybridized carbons (Fsp3) is 0.526. The van der Waals surface area contributed by atoms with Crippen molar-refractivity contribution in [1.29, 1.82) is 0 Å². The van der Waals surface area contributed by atoms with Gasteiger partial charge in [-0.15, -0.1) is 0 Å². The monoisotopic (exact) mass is 358 g/mol. The van der Waals surface area contributed by atoms with E-state index in [1.165, 1.54) is 0 Å². The van der Waals surface area contributed by atoms with E-state index in [4.69, 9.17) is 9.26 Å². The molecule has 0 atom stereocenters. The Morgan fingerprint density at radius 2 is 2.19 bits per heavy atom. The number of hydrogen-bond donors (Lipinski definition) is 1. The number of carbonyl (C=O) groups is 1. The third kappa shape index (κ3) is 4.60. The SMILES string of the molecule is CCCNC(=O)C1CCN(Cc2nc(-c3cccc(OC)c3)no2)CC1. The lowest BCUT2D eigenvalue weighted by molar-refractivity contribution is -0.126. The van der Waals surface area contributed by atoms with Gasteiger partial charge >= 0.3 is 0 Å². The maximum atomic E-state index is 12.1. The molecule has 140 valence electrons. The quantitative estimate of drug-likeness (QED) is 0.819. The Hall–Kier alpha value is -2.41. The standard InChI is InChI=1S/C19H26N4O3/c1-3-9-20-19(24)14-7-10-23(11-8-14)13-17-21-18(22-26-17)15-5-4-6-16(12-15)25-2/h4-6,12,14H,3,7-11,13H2,1-2H3,(H,20,24). The second-order valence-electron chi connectivity index (χ2n) is 6.59. The fourth-order valence-electron chi connectivity index (χ4n) is 3.14. The minimum Gasteiger partial charge on any atom is -0.497 e. The third-order valence-corrected chi connectivity index (χ3v) is 4.66. The number of carbonyl (C=O) groups excluding carboxylic acids is 1. The first-order valence-corrected chi connectivity index (χ1v) is 9.16. The molecule has 0 spiro atoms. The molecule has 0 saturated carbocycles. The maximum absolute atomic E-state index is 12.1. The van der Waals surface area contributed by atoms with Crippen LogP contribution in [-0.4, -0.2) is 47.7 Å². The van der Waals surface area contributed by atoms with Crippen LogP contribution in [0.5, 0.6) is 5.75 Å². The van der Waals surface area contributed by atoms with Crippen LogP contribution in [-0.2, 0) is 11.3 Å². The van der Waals surface area contributed by atoms with Gasteiger partial charge in [0.25, 0.3) is 0 Å². The van der Waals surface area contributed by atoms with Crippen LogP contribution in [0, 0.1) is 5.92 Å². The highest BCUT2D eigenvalue weighted by atomic mass is 16.5. The van der Waals surface area contributed by atoms with Gasteiger partial charge in [-0.2, -0.15) is 4.98 Å². The summed E-state index contributed by atoms with van der Waals surface area (Å²) in [5.74, 6) is 2.22. The van der Waals surface area contributed by atoms with Gasteiger partial charge < -0.3 is 14.6 Å². The zero-order valence-corrected chi connectivity index (χ0v) is 15.4. The molecule has 26 heavy (non-hydrogen) atoms. The second kappa shape index (κ2) is 8.80. The summed E-state index contributed by atoms with van der Waals surface area (Å²) in [6.07, 6.45) is 2.70. The van der Waals surface area contributed by atoms with Crippen molar-refractivity contribution in [2.24, 2.45) is 5.92 Å². The minimum absolute atomic E-state index is 0.118. The van der Waals surface area contributed by atoms with Crippen molar-refractivity contribution in [1.82, 2.24) is 20.4 Å². The summed E-state index contributed by atoms with van der Waals surface area (Å²) in [4.78, 5) is 18.8. The van der Waals surface area contributed by atoms with Crippen molar-refractivity contribution < 1.29 is 14.1 Å². The van der Waals surface area contributed by atoms with E-state index >= 15 is 0 Å². The highest BCUT2D eigenvalue weighted by Crippen LogP contribution is 2.23. The van der Waals surface area contributed by atoms with Gasteiger partial charge in [-0.3, -0.25) is 9.69 Å². The number of piperidine rings is 1. The molecule has 3 rings (SSSR count). The lowest BCUT2D eigenvalue weighted by Gasteiger charge is -2.30. The van der Waals surface area contributed by atoms with E-state index in [-0.39, 0.29) is 11.8 Å². The number of amides is 1. The molecule has 1 aliphatic heterocycles. The first kappa shape index (κ1) is 18.4. The average Bonchev–Trinajstić information content (AvgIpc) is 3.15. The summed E-state index contributed by atoms with van der Waals surface area (Å²) in [6, 6.07) is 7.59. The molecule has 7 heteroatoms. The highest BCUT2D eigenvalue weighted by molar-refractivity contribution is 5.78. The van der Waals surface area contributed by atoms with Crippen LogP contribution in [0.4, 0.5) is 0 Å². The number of nitrogens with zero attached hydrogens (tertiary/aromatic N) is 3. The van der Waals surface area contributed by atoms with Gasteiger partial charge in [0.1, 0.15) is 5.75 Å². The Labute approximate surface area is 153 Å². The number of methoxy groups -OCH3 is 1. The van der Waals surface area contributed by atoms with Crippen LogP contribution in [0.3, 0.4) is 0 Å². The number of aromatic nitrogens is 2. The van der Waals surface area contributed by atoms with Gasteiger partial charge in [0.15, 0.2) is 0 Å². The molecule has 1 amide bonds. The predicted molar refractivity (Wildman–Crippen MR) is 97.6 cm³/mol. The van der Waals surface area contributed by atoms with Gasteiger partial charge in [0.2, 0.25) is 17.6 Å². The number of ether oxygens (including phenoxy) is 1. The van der Waals surface area contributed by atoms with Crippen molar-refractivity contribution in [2.45, 2.75) is 32.7 Å². The van der Waals surface area contributed by atoms with Gasteiger partial charge in [-0.05, 0) is 44.5 Å². The molecular formula is C19H26N4O3. The maximum Gasteiger partial charge on any atom is 0.241 e. The number of hydrogen-bond acceptors (Lipinski definition) is 6. The van der Waals surface area contributed by atoms with Crippen molar-refractivity contribution >= 4 is 5.91 Å². The second-order valence-corrected chi connectivity index (χ2v) is 6.59. The predicted octanol–water partition coefficient (Wildman–Crippen LogP) is 2.48. The number of nitrogens with one attached hydrogen (secondary N) is 1. The smallest absolute Gasteiger partial charge is 0.241 e. The van der Waals surface area contributed by atoms with Crippen LogP contribution in [0.2, 0.25) is 0 Å². The third-order valence-electron chi connectivity index (χ3n) is 4.66. The Balaban J connectivity index is 1.53. The summed E-state index contributed by atoms with van der Waals surface area (Å²) in [7, 11) is 1.63. The largest absolute Gasteiger partial charge is 0.497 e. The van der Waals surface area contributed by atoms with Crippen LogP contribution < -0.4 is 10.1 Å². The Bertz CT molecular complexity index is 723. The van der Waals surface area contributed by atoms with E-state index < -0.39 is 0 Å². The molecule has 1 saturated heterocycles. The van der Waals surface area contributed by atoms with Gasteiger partial charge in [0.05, 0.1) is 13.7 Å². The first-order chi connectivity index (χ1) is 12.7. The van der Waals surface area contributed by atoms with Crippen molar-refractivity contribution in [2.75, 3.05) is 26.7 Å². The van der Waals surface area contributed by atoms with Crippen molar-refractivity contribution in [3.63, 3.8) is 0 Å². The molecule has 1 aliphatic rings. The van der Waals surface area contributed by atoms with Crippen LogP contribution in [0.25, 0.3) is 11.4 Å². The first-order valence-electron chi connectivity index (χ1n) is 9.16. The zero-order valence-electron chi connectivity index (χ0n) is 15.4. The molecule has 0 radical (unpaired) electrons. The van der Waals surface area contributed by atoms with Gasteiger partial charge in [0, 0.05) is 18.0 Å². The van der Waals surface area contributed by atoms with E-state index in [0.717, 1.165) is 50.2 Å². The van der Waals surface area contributed by atoms with Crippen molar-refractivity contribution in [3.05, 3.63) is 30.2 Å². The normalized spacial score (nSPS) is 15.8. The molecule has 1 aromatic heterocycles. The molecule has 7 nitrogen and oxygen atoms in total. The molecule has 1 fully saturated rings. The van der Waals surface area contributed by atoms with E-state index in [1.807, 2.05) is 24.3 Å². The molecule has 0 aliphatic carbocycles. The molecule has 2 heterocycles. The number of benzene rings is 1. The van der Waals surface area contributed by atoms with E-state index in [0.29, 0.717) is 18.3 Å². The van der Waals surface area contributed by atoms with E-state index in [1.54, 1.807) is 7.11 Å². The number of likely N-dealkylation sites (tertiary alicyclic amines) is 1. The summed E-state index contributed by atoms with van der Waals surface area (Å²) >= 11 is 0. The average molecular weight is 358 g/mol. The molecule has 0 bridgehead atoms. The molecule has 1 N–H and O–H groups in total. The minimum atomic E-state index is 0.118. The van der Waals surface area contributed by atoms with Gasteiger partial charge in [-0.1, -0.05) is 24.2 Å². The number of rotatable bonds is 7. The van der Waals surface area contributed by atoms with Gasteiger partial charge in [-0.25, -0.2) is 0 Å². The molecular weight excluding hydrogens is 332 g/mol. The van der Waals surface area contributed by atoms with Crippen LogP contribution >= 0.6 is 0 Å². The Morgan fingerprint density at radius 1 is 1.38 bits per heavy atom. The summed E-state index contributed by atoms with van der Waals surface area (Å²) in [6.45, 7) is 5.16. The lowest BCUT2D eigenvalue weighted by atomic mass is 9.96. The lowest BCUT2D eigenvalue weighted by Crippen LogP contribution is -2.40. The molecule has 2 aromatic rings. The summed E-state index contributed by atoms with van der Waals surface area (Å²) in [5.41, 5.74) is 0.866.